The lowest BCUT2D eigenvalue weighted by Crippen LogP contribution is -2.39. The number of halogens is 1. The van der Waals surface area contributed by atoms with Crippen LogP contribution in [0.5, 0.6) is 0 Å². The summed E-state index contributed by atoms with van der Waals surface area (Å²) in [6, 6.07) is 12.6. The van der Waals surface area contributed by atoms with Crippen molar-refractivity contribution in [3.05, 3.63) is 65.1 Å². The summed E-state index contributed by atoms with van der Waals surface area (Å²) >= 11 is 0. The molecular weight excluding hydrogens is 503 g/mol. The maximum absolute atomic E-state index is 5.31. The van der Waals surface area contributed by atoms with Crippen molar-refractivity contribution in [1.29, 1.82) is 0 Å². The number of nitrogens with one attached hydrogen (secondary N) is 2. The van der Waals surface area contributed by atoms with E-state index in [1.165, 1.54) is 42.4 Å². The Bertz CT molecular complexity index is 1000. The molecule has 164 valence electrons. The Labute approximate surface area is 200 Å². The molecule has 31 heavy (non-hydrogen) atoms. The fraction of sp³-hybridized carbons (Fsp3) is 0.391. The van der Waals surface area contributed by atoms with Crippen LogP contribution >= 0.6 is 24.0 Å². The van der Waals surface area contributed by atoms with Crippen molar-refractivity contribution in [3.63, 3.8) is 0 Å². The molecule has 0 aliphatic heterocycles. The second-order valence-corrected chi connectivity index (χ2v) is 7.58. The lowest BCUT2D eigenvalue weighted by molar-refractivity contribution is 0.421. The summed E-state index contributed by atoms with van der Waals surface area (Å²) in [6.07, 6.45) is 7.33. The third kappa shape index (κ3) is 6.03. The van der Waals surface area contributed by atoms with Crippen molar-refractivity contribution in [2.45, 2.75) is 45.1 Å². The van der Waals surface area contributed by atoms with Gasteiger partial charge in [0.15, 0.2) is 11.8 Å². The van der Waals surface area contributed by atoms with Crippen LogP contribution in [-0.4, -0.2) is 34.7 Å². The third-order valence-electron chi connectivity index (χ3n) is 5.44. The molecular formula is C23H29IN6O. The van der Waals surface area contributed by atoms with Gasteiger partial charge >= 0.3 is 0 Å². The van der Waals surface area contributed by atoms with Gasteiger partial charge in [-0.05, 0) is 61.4 Å². The summed E-state index contributed by atoms with van der Waals surface area (Å²) < 4.78 is 5.31. The molecule has 4 rings (SSSR count). The van der Waals surface area contributed by atoms with Crippen LogP contribution in [0.25, 0.3) is 11.6 Å². The van der Waals surface area contributed by atoms with Gasteiger partial charge in [0.25, 0.3) is 5.89 Å². The van der Waals surface area contributed by atoms with Crippen LogP contribution < -0.4 is 10.6 Å². The first kappa shape index (κ1) is 23.2. The van der Waals surface area contributed by atoms with Crippen molar-refractivity contribution < 1.29 is 4.52 Å². The fourth-order valence-corrected chi connectivity index (χ4v) is 3.75. The summed E-state index contributed by atoms with van der Waals surface area (Å²) in [7, 11) is 1.78. The Kier molecular flexibility index (Phi) is 8.39. The highest BCUT2D eigenvalue weighted by Crippen LogP contribution is 2.24. The molecule has 2 heterocycles. The molecule has 0 spiro atoms. The minimum Gasteiger partial charge on any atom is -0.356 e. The fourth-order valence-electron chi connectivity index (χ4n) is 3.75. The van der Waals surface area contributed by atoms with Gasteiger partial charge in [-0.2, -0.15) is 4.98 Å². The molecule has 1 unspecified atom stereocenters. The third-order valence-corrected chi connectivity index (χ3v) is 5.44. The predicted molar refractivity (Wildman–Crippen MR) is 133 cm³/mol. The number of rotatable bonds is 6. The second kappa shape index (κ2) is 11.2. The quantitative estimate of drug-likeness (QED) is 0.283. The summed E-state index contributed by atoms with van der Waals surface area (Å²) in [5, 5.41) is 10.8. The van der Waals surface area contributed by atoms with Gasteiger partial charge in [0.1, 0.15) is 5.69 Å². The first-order valence-corrected chi connectivity index (χ1v) is 10.6. The summed E-state index contributed by atoms with van der Waals surface area (Å²) in [6.45, 7) is 2.81. The molecule has 8 heteroatoms. The Morgan fingerprint density at radius 1 is 1.16 bits per heavy atom. The van der Waals surface area contributed by atoms with Gasteiger partial charge in [-0.3, -0.25) is 9.98 Å². The molecule has 1 aliphatic rings. The minimum absolute atomic E-state index is 0. The number of nitrogens with zero attached hydrogens (tertiary/aromatic N) is 4. The molecule has 3 aromatic rings. The van der Waals surface area contributed by atoms with E-state index in [0.717, 1.165) is 5.96 Å². The molecule has 0 fully saturated rings. The van der Waals surface area contributed by atoms with Crippen LogP contribution in [0.3, 0.4) is 0 Å². The summed E-state index contributed by atoms with van der Waals surface area (Å²) in [5.74, 6) is 1.84. The van der Waals surface area contributed by atoms with Gasteiger partial charge < -0.3 is 15.2 Å². The van der Waals surface area contributed by atoms with Crippen molar-refractivity contribution in [3.8, 4) is 11.6 Å². The number of hydrogen-bond acceptors (Lipinski definition) is 5. The molecule has 0 bridgehead atoms. The number of aromatic nitrogens is 3. The SMILES string of the molecule is CN=C(NCCc1noc(-c2ccccn2)n1)NC(C)c1ccc2c(c1)CCCC2.I. The van der Waals surface area contributed by atoms with Gasteiger partial charge in [-0.25, -0.2) is 0 Å². The smallest absolute Gasteiger partial charge is 0.276 e. The first-order valence-electron chi connectivity index (χ1n) is 10.6. The van der Waals surface area contributed by atoms with Crippen LogP contribution in [0, 0.1) is 0 Å². The molecule has 0 saturated carbocycles. The lowest BCUT2D eigenvalue weighted by Gasteiger charge is -2.21. The number of aryl methyl sites for hydroxylation is 2. The largest absolute Gasteiger partial charge is 0.356 e. The molecule has 2 N–H and O–H groups in total. The number of hydrogen-bond donors (Lipinski definition) is 2. The van der Waals surface area contributed by atoms with Crippen molar-refractivity contribution in [2.75, 3.05) is 13.6 Å². The van der Waals surface area contributed by atoms with Gasteiger partial charge in [0.05, 0.1) is 6.04 Å². The van der Waals surface area contributed by atoms with Crippen LogP contribution in [0.15, 0.2) is 52.1 Å². The number of aliphatic imine (C=N–C) groups is 1. The molecule has 2 aromatic heterocycles. The van der Waals surface area contributed by atoms with Crippen LogP contribution in [0.1, 0.15) is 48.3 Å². The zero-order chi connectivity index (χ0) is 20.8. The van der Waals surface area contributed by atoms with E-state index in [4.69, 9.17) is 4.52 Å². The zero-order valence-electron chi connectivity index (χ0n) is 18.0. The van der Waals surface area contributed by atoms with Crippen molar-refractivity contribution in [2.24, 2.45) is 4.99 Å². The topological polar surface area (TPSA) is 88.2 Å². The maximum Gasteiger partial charge on any atom is 0.276 e. The molecule has 0 amide bonds. The van der Waals surface area contributed by atoms with E-state index in [2.05, 4.69) is 55.9 Å². The van der Waals surface area contributed by atoms with E-state index in [-0.39, 0.29) is 30.0 Å². The molecule has 1 atom stereocenters. The highest BCUT2D eigenvalue weighted by atomic mass is 127. The van der Waals surface area contributed by atoms with Crippen LogP contribution in [0.4, 0.5) is 0 Å². The number of fused-ring (bicyclic) bond motifs is 1. The second-order valence-electron chi connectivity index (χ2n) is 7.58. The highest BCUT2D eigenvalue weighted by molar-refractivity contribution is 14.0. The zero-order valence-corrected chi connectivity index (χ0v) is 20.3. The number of guanidine groups is 1. The van der Waals surface area contributed by atoms with Crippen LogP contribution in [0.2, 0.25) is 0 Å². The Balaban J connectivity index is 0.00000272. The van der Waals surface area contributed by atoms with Gasteiger partial charge in [-0.1, -0.05) is 29.4 Å². The van der Waals surface area contributed by atoms with Gasteiger partial charge in [0, 0.05) is 26.2 Å². The van der Waals surface area contributed by atoms with Crippen molar-refractivity contribution in [1.82, 2.24) is 25.8 Å². The van der Waals surface area contributed by atoms with Gasteiger partial charge in [0.2, 0.25) is 0 Å². The Morgan fingerprint density at radius 2 is 2.00 bits per heavy atom. The van der Waals surface area contributed by atoms with E-state index >= 15 is 0 Å². The Morgan fingerprint density at radius 3 is 2.77 bits per heavy atom. The molecule has 1 aliphatic carbocycles. The average Bonchev–Trinajstić information content (AvgIpc) is 3.27. The van der Waals surface area contributed by atoms with Crippen LogP contribution in [-0.2, 0) is 19.3 Å². The lowest BCUT2D eigenvalue weighted by atomic mass is 9.89. The first-order chi connectivity index (χ1) is 14.7. The summed E-state index contributed by atoms with van der Waals surface area (Å²) in [5.41, 5.74) is 4.97. The summed E-state index contributed by atoms with van der Waals surface area (Å²) in [4.78, 5) is 13.0. The van der Waals surface area contributed by atoms with E-state index in [1.54, 1.807) is 13.2 Å². The standard InChI is InChI=1S/C23H28N6O.HI/c1-16(18-11-10-17-7-3-4-8-19(17)15-18)27-23(24-2)26-14-12-21-28-22(30-29-21)20-9-5-6-13-25-20;/h5-6,9-11,13,15-16H,3-4,7-8,12,14H2,1-2H3,(H2,24,26,27);1H. The monoisotopic (exact) mass is 532 g/mol. The van der Waals surface area contributed by atoms with E-state index in [0.29, 0.717) is 30.4 Å². The minimum atomic E-state index is 0. The van der Waals surface area contributed by atoms with E-state index < -0.39 is 0 Å². The van der Waals surface area contributed by atoms with E-state index in [1.807, 2.05) is 18.2 Å². The Hall–Kier alpha value is -2.49. The normalized spacial score (nSPS) is 14.3. The molecule has 7 nitrogen and oxygen atoms in total. The van der Waals surface area contributed by atoms with Crippen molar-refractivity contribution >= 4 is 29.9 Å². The predicted octanol–water partition coefficient (Wildman–Crippen LogP) is 4.10. The number of benzene rings is 1. The maximum atomic E-state index is 5.31. The molecule has 0 saturated heterocycles. The van der Waals surface area contributed by atoms with E-state index in [9.17, 15) is 0 Å². The molecule has 0 radical (unpaired) electrons. The number of pyridine rings is 1. The molecule has 1 aromatic carbocycles. The van der Waals surface area contributed by atoms with Gasteiger partial charge in [-0.15, -0.1) is 24.0 Å². The average molecular weight is 532 g/mol. The highest BCUT2D eigenvalue weighted by Gasteiger charge is 2.14.